The standard InChI is InChI=1S/C15H23FN2O2S/c1-10-4-5-18(14(6-10)9-17)21(19,20)15-11(2)7-13(16)8-12(15)3/h7-8,10,14H,4-6,9,17H2,1-3H3. The number of benzene rings is 1. The monoisotopic (exact) mass is 314 g/mol. The SMILES string of the molecule is Cc1cc(F)cc(C)c1S(=O)(=O)N1CCC(C)CC1CN. The molecule has 2 unspecified atom stereocenters. The first-order valence-corrected chi connectivity index (χ1v) is 8.70. The summed E-state index contributed by atoms with van der Waals surface area (Å²) in [6.45, 7) is 6.16. The molecule has 1 saturated heterocycles. The van der Waals surface area contributed by atoms with Gasteiger partial charge in [-0.05, 0) is 55.9 Å². The van der Waals surface area contributed by atoms with Crippen LogP contribution in [0.5, 0.6) is 0 Å². The van der Waals surface area contributed by atoms with E-state index in [4.69, 9.17) is 5.73 Å². The minimum Gasteiger partial charge on any atom is -0.329 e. The molecule has 1 aromatic carbocycles. The third-order valence-corrected chi connectivity index (χ3v) is 6.45. The van der Waals surface area contributed by atoms with Crippen LogP contribution >= 0.6 is 0 Å². The van der Waals surface area contributed by atoms with Crippen LogP contribution < -0.4 is 5.73 Å². The number of hydrogen-bond acceptors (Lipinski definition) is 3. The number of nitrogens with two attached hydrogens (primary N) is 1. The van der Waals surface area contributed by atoms with Crippen molar-refractivity contribution in [2.75, 3.05) is 13.1 Å². The summed E-state index contributed by atoms with van der Waals surface area (Å²) < 4.78 is 40.8. The smallest absolute Gasteiger partial charge is 0.243 e. The van der Waals surface area contributed by atoms with E-state index in [9.17, 15) is 12.8 Å². The topological polar surface area (TPSA) is 63.4 Å². The third-order valence-electron chi connectivity index (χ3n) is 4.19. The first-order chi connectivity index (χ1) is 9.77. The van der Waals surface area contributed by atoms with Crippen LogP contribution in [0.15, 0.2) is 17.0 Å². The summed E-state index contributed by atoms with van der Waals surface area (Å²) in [6.07, 6.45) is 1.60. The summed E-state index contributed by atoms with van der Waals surface area (Å²) in [4.78, 5) is 0.219. The van der Waals surface area contributed by atoms with Crippen molar-refractivity contribution in [3.05, 3.63) is 29.1 Å². The van der Waals surface area contributed by atoms with Crippen molar-refractivity contribution in [3.63, 3.8) is 0 Å². The normalized spacial score (nSPS) is 24.2. The molecule has 21 heavy (non-hydrogen) atoms. The van der Waals surface area contributed by atoms with E-state index in [-0.39, 0.29) is 10.9 Å². The number of rotatable bonds is 3. The number of sulfonamides is 1. The zero-order valence-corrected chi connectivity index (χ0v) is 13.6. The molecule has 6 heteroatoms. The molecule has 2 atom stereocenters. The molecular weight excluding hydrogens is 291 g/mol. The maximum atomic E-state index is 13.4. The number of nitrogens with zero attached hydrogens (tertiary/aromatic N) is 1. The van der Waals surface area contributed by atoms with Gasteiger partial charge in [0.2, 0.25) is 10.0 Å². The predicted octanol–water partition coefficient (Wildman–Crippen LogP) is 2.19. The number of hydrogen-bond donors (Lipinski definition) is 1. The van der Waals surface area contributed by atoms with Crippen molar-refractivity contribution in [1.29, 1.82) is 0 Å². The molecule has 1 aliphatic heterocycles. The summed E-state index contributed by atoms with van der Waals surface area (Å²) in [5, 5.41) is 0. The quantitative estimate of drug-likeness (QED) is 0.930. The Kier molecular flexibility index (Phi) is 4.70. The van der Waals surface area contributed by atoms with E-state index in [1.807, 2.05) is 0 Å². The Labute approximate surface area is 126 Å². The molecule has 2 rings (SSSR count). The van der Waals surface area contributed by atoms with Gasteiger partial charge < -0.3 is 5.73 Å². The van der Waals surface area contributed by atoms with Gasteiger partial charge >= 0.3 is 0 Å². The van der Waals surface area contributed by atoms with Gasteiger partial charge in [0.1, 0.15) is 5.82 Å². The second kappa shape index (κ2) is 6.02. The van der Waals surface area contributed by atoms with Gasteiger partial charge in [0.05, 0.1) is 4.90 Å². The van der Waals surface area contributed by atoms with E-state index < -0.39 is 15.8 Å². The lowest BCUT2D eigenvalue weighted by Crippen LogP contribution is -2.49. The van der Waals surface area contributed by atoms with E-state index in [0.29, 0.717) is 30.1 Å². The first-order valence-electron chi connectivity index (χ1n) is 7.26. The highest BCUT2D eigenvalue weighted by Gasteiger charge is 2.36. The highest BCUT2D eigenvalue weighted by atomic mass is 32.2. The Morgan fingerprint density at radius 1 is 1.33 bits per heavy atom. The van der Waals surface area contributed by atoms with Crippen molar-refractivity contribution < 1.29 is 12.8 Å². The first kappa shape index (κ1) is 16.4. The number of halogens is 1. The van der Waals surface area contributed by atoms with Crippen molar-refractivity contribution >= 4 is 10.0 Å². The molecule has 0 radical (unpaired) electrons. The van der Waals surface area contributed by atoms with Crippen molar-refractivity contribution in [3.8, 4) is 0 Å². The Hall–Kier alpha value is -0.980. The van der Waals surface area contributed by atoms with Crippen LogP contribution in [0, 0.1) is 25.6 Å². The van der Waals surface area contributed by atoms with Crippen molar-refractivity contribution in [2.45, 2.75) is 44.6 Å². The lowest BCUT2D eigenvalue weighted by atomic mass is 9.94. The fraction of sp³-hybridized carbons (Fsp3) is 0.600. The molecule has 0 saturated carbocycles. The predicted molar refractivity (Wildman–Crippen MR) is 81.0 cm³/mol. The van der Waals surface area contributed by atoms with Gasteiger partial charge in [-0.2, -0.15) is 4.31 Å². The highest BCUT2D eigenvalue weighted by Crippen LogP contribution is 2.31. The van der Waals surface area contributed by atoms with Crippen LogP contribution in [0.25, 0.3) is 0 Å². The molecule has 0 aliphatic carbocycles. The fourth-order valence-electron chi connectivity index (χ4n) is 3.18. The van der Waals surface area contributed by atoms with Crippen LogP contribution in [-0.4, -0.2) is 31.9 Å². The average molecular weight is 314 g/mol. The molecule has 1 fully saturated rings. The van der Waals surface area contributed by atoms with E-state index in [0.717, 1.165) is 12.8 Å². The second-order valence-electron chi connectivity index (χ2n) is 6.00. The zero-order chi connectivity index (χ0) is 15.8. The second-order valence-corrected chi connectivity index (χ2v) is 7.83. The van der Waals surface area contributed by atoms with Crippen molar-refractivity contribution in [2.24, 2.45) is 11.7 Å². The summed E-state index contributed by atoms with van der Waals surface area (Å²) in [7, 11) is -3.64. The summed E-state index contributed by atoms with van der Waals surface area (Å²) in [6, 6.07) is 2.36. The van der Waals surface area contributed by atoms with Gasteiger partial charge in [-0.3, -0.25) is 0 Å². The fourth-order valence-corrected chi connectivity index (χ4v) is 5.26. The minimum atomic E-state index is -3.64. The lowest BCUT2D eigenvalue weighted by molar-refractivity contribution is 0.211. The van der Waals surface area contributed by atoms with Gasteiger partial charge in [0, 0.05) is 19.1 Å². The number of aryl methyl sites for hydroxylation is 2. The largest absolute Gasteiger partial charge is 0.329 e. The van der Waals surface area contributed by atoms with Crippen LogP contribution in [-0.2, 0) is 10.0 Å². The molecule has 118 valence electrons. The molecule has 1 aromatic rings. The zero-order valence-electron chi connectivity index (χ0n) is 12.8. The van der Waals surface area contributed by atoms with Crippen molar-refractivity contribution in [1.82, 2.24) is 4.31 Å². The van der Waals surface area contributed by atoms with E-state index >= 15 is 0 Å². The Bertz CT molecular complexity index is 608. The maximum absolute atomic E-state index is 13.4. The summed E-state index contributed by atoms with van der Waals surface area (Å²) >= 11 is 0. The summed E-state index contributed by atoms with van der Waals surface area (Å²) in [5.74, 6) is 0.0620. The molecule has 1 heterocycles. The van der Waals surface area contributed by atoms with E-state index in [2.05, 4.69) is 6.92 Å². The molecule has 0 aromatic heterocycles. The van der Waals surface area contributed by atoms with E-state index in [1.165, 1.54) is 16.4 Å². The van der Waals surface area contributed by atoms with Gasteiger partial charge in [0.25, 0.3) is 0 Å². The van der Waals surface area contributed by atoms with Gasteiger partial charge in [-0.25, -0.2) is 12.8 Å². The molecule has 2 N–H and O–H groups in total. The van der Waals surface area contributed by atoms with Gasteiger partial charge in [-0.1, -0.05) is 6.92 Å². The Morgan fingerprint density at radius 2 is 1.90 bits per heavy atom. The third kappa shape index (κ3) is 3.12. The minimum absolute atomic E-state index is 0.178. The molecule has 4 nitrogen and oxygen atoms in total. The van der Waals surface area contributed by atoms with Crippen LogP contribution in [0.1, 0.15) is 30.9 Å². The highest BCUT2D eigenvalue weighted by molar-refractivity contribution is 7.89. The van der Waals surface area contributed by atoms with Crippen LogP contribution in [0.2, 0.25) is 0 Å². The van der Waals surface area contributed by atoms with Gasteiger partial charge in [0.15, 0.2) is 0 Å². The lowest BCUT2D eigenvalue weighted by Gasteiger charge is -2.37. The average Bonchev–Trinajstić information content (AvgIpc) is 2.36. The molecule has 0 amide bonds. The van der Waals surface area contributed by atoms with Crippen LogP contribution in [0.4, 0.5) is 4.39 Å². The molecule has 0 spiro atoms. The van der Waals surface area contributed by atoms with Crippen LogP contribution in [0.3, 0.4) is 0 Å². The molecule has 0 bridgehead atoms. The van der Waals surface area contributed by atoms with E-state index in [1.54, 1.807) is 13.8 Å². The summed E-state index contributed by atoms with van der Waals surface area (Å²) in [5.41, 5.74) is 6.66. The Balaban J connectivity index is 2.47. The molecule has 1 aliphatic rings. The maximum Gasteiger partial charge on any atom is 0.243 e. The Morgan fingerprint density at radius 3 is 2.43 bits per heavy atom. The van der Waals surface area contributed by atoms with Gasteiger partial charge in [-0.15, -0.1) is 0 Å². The molecular formula is C15H23FN2O2S. The number of piperidine rings is 1.